The van der Waals surface area contributed by atoms with Crippen LogP contribution in [0.3, 0.4) is 0 Å². The van der Waals surface area contributed by atoms with Crippen LogP contribution in [0.15, 0.2) is 36.5 Å². The molecule has 2 N–H and O–H groups in total. The average Bonchev–Trinajstić information content (AvgIpc) is 2.52. The van der Waals surface area contributed by atoms with E-state index in [0.29, 0.717) is 39.6 Å². The van der Waals surface area contributed by atoms with E-state index in [-0.39, 0.29) is 5.91 Å². The number of halogens is 2. The molecule has 1 amide bonds. The molecule has 6 heteroatoms. The van der Waals surface area contributed by atoms with Gasteiger partial charge in [0.1, 0.15) is 5.82 Å². The largest absolute Gasteiger partial charge is 0.352 e. The summed E-state index contributed by atoms with van der Waals surface area (Å²) in [4.78, 5) is 16.2. The summed E-state index contributed by atoms with van der Waals surface area (Å²) in [6.07, 6.45) is 2.48. The second kappa shape index (κ2) is 8.18. The molecule has 1 heterocycles. The molecule has 0 bridgehead atoms. The maximum Gasteiger partial charge on any atom is 0.252 e. The van der Waals surface area contributed by atoms with E-state index in [1.165, 1.54) is 6.20 Å². The molecule has 2 rings (SSSR count). The van der Waals surface area contributed by atoms with E-state index in [1.807, 2.05) is 6.07 Å². The third-order valence-corrected chi connectivity index (χ3v) is 4.07. The Hall–Kier alpha value is -1.78. The Labute approximate surface area is 146 Å². The molecular formula is C17H19Cl2N3O. The lowest BCUT2D eigenvalue weighted by Gasteiger charge is -2.10. The normalized spacial score (nSPS) is 10.7. The minimum atomic E-state index is -0.120. The van der Waals surface area contributed by atoms with E-state index in [2.05, 4.69) is 29.5 Å². The van der Waals surface area contributed by atoms with Crippen molar-refractivity contribution in [3.05, 3.63) is 52.1 Å². The molecule has 0 unspecified atom stereocenters. The highest BCUT2D eigenvalue weighted by Crippen LogP contribution is 2.31. The minimum Gasteiger partial charge on any atom is -0.352 e. The molecule has 0 saturated heterocycles. The number of hydrogen-bond acceptors (Lipinski definition) is 3. The van der Waals surface area contributed by atoms with Crippen molar-refractivity contribution in [1.29, 1.82) is 0 Å². The summed E-state index contributed by atoms with van der Waals surface area (Å²) >= 11 is 12.1. The fraction of sp³-hybridized carbons (Fsp3) is 0.294. The van der Waals surface area contributed by atoms with Crippen molar-refractivity contribution in [3.63, 3.8) is 0 Å². The van der Waals surface area contributed by atoms with Gasteiger partial charge in [0.2, 0.25) is 0 Å². The van der Waals surface area contributed by atoms with E-state index in [9.17, 15) is 4.79 Å². The number of amides is 1. The molecular weight excluding hydrogens is 333 g/mol. The molecule has 2 aromatic rings. The topological polar surface area (TPSA) is 54.0 Å². The molecule has 0 aliphatic heterocycles. The Morgan fingerprint density at radius 1 is 1.22 bits per heavy atom. The van der Waals surface area contributed by atoms with E-state index in [0.717, 1.165) is 6.42 Å². The fourth-order valence-electron chi connectivity index (χ4n) is 1.92. The lowest BCUT2D eigenvalue weighted by Crippen LogP contribution is -2.25. The molecule has 4 nitrogen and oxygen atoms in total. The lowest BCUT2D eigenvalue weighted by molar-refractivity contribution is 0.0951. The van der Waals surface area contributed by atoms with Crippen LogP contribution in [0.5, 0.6) is 0 Å². The Morgan fingerprint density at radius 3 is 2.65 bits per heavy atom. The number of nitrogens with zero attached hydrogens (tertiary/aromatic N) is 1. The SMILES string of the molecule is CC(C)CCNC(=O)c1ccc(Nc2cccc(Cl)c2Cl)nc1. The highest BCUT2D eigenvalue weighted by Gasteiger charge is 2.08. The number of anilines is 2. The first-order valence-electron chi connectivity index (χ1n) is 7.42. The average molecular weight is 352 g/mol. The zero-order valence-corrected chi connectivity index (χ0v) is 14.6. The zero-order chi connectivity index (χ0) is 16.8. The molecule has 1 aromatic heterocycles. The van der Waals surface area contributed by atoms with Crippen LogP contribution in [0.25, 0.3) is 0 Å². The fourth-order valence-corrected chi connectivity index (χ4v) is 2.26. The van der Waals surface area contributed by atoms with Gasteiger partial charge in [0.15, 0.2) is 0 Å². The van der Waals surface area contributed by atoms with Gasteiger partial charge in [0.05, 0.1) is 21.3 Å². The number of carbonyl (C=O) groups excluding carboxylic acids is 1. The van der Waals surface area contributed by atoms with Gasteiger partial charge in [-0.3, -0.25) is 4.79 Å². The van der Waals surface area contributed by atoms with Crippen LogP contribution < -0.4 is 10.6 Å². The van der Waals surface area contributed by atoms with Gasteiger partial charge in [-0.1, -0.05) is 43.1 Å². The van der Waals surface area contributed by atoms with E-state index < -0.39 is 0 Å². The van der Waals surface area contributed by atoms with Crippen molar-refractivity contribution in [1.82, 2.24) is 10.3 Å². The lowest BCUT2D eigenvalue weighted by atomic mass is 10.1. The third-order valence-electron chi connectivity index (χ3n) is 3.25. The predicted molar refractivity (Wildman–Crippen MR) is 95.8 cm³/mol. The standard InChI is InChI=1S/C17H19Cl2N3O/c1-11(2)8-9-20-17(23)12-6-7-15(21-10-12)22-14-5-3-4-13(18)16(14)19/h3-7,10-11H,8-9H2,1-2H3,(H,20,23)(H,21,22). The van der Waals surface area contributed by atoms with Crippen molar-refractivity contribution in [2.24, 2.45) is 5.92 Å². The Balaban J connectivity index is 1.99. The highest BCUT2D eigenvalue weighted by molar-refractivity contribution is 6.43. The number of nitrogens with one attached hydrogen (secondary N) is 2. The Bertz CT molecular complexity index is 672. The molecule has 0 aliphatic carbocycles. The second-order valence-corrected chi connectivity index (χ2v) is 6.38. The first kappa shape index (κ1) is 17.6. The number of carbonyl (C=O) groups is 1. The first-order valence-corrected chi connectivity index (χ1v) is 8.18. The van der Waals surface area contributed by atoms with E-state index in [4.69, 9.17) is 23.2 Å². The predicted octanol–water partition coefficient (Wildman–Crippen LogP) is 4.91. The summed E-state index contributed by atoms with van der Waals surface area (Å²) in [6.45, 7) is 4.90. The first-order chi connectivity index (χ1) is 11.0. The van der Waals surface area contributed by atoms with Gasteiger partial charge in [-0.15, -0.1) is 0 Å². The summed E-state index contributed by atoms with van der Waals surface area (Å²) in [5, 5.41) is 6.86. The Morgan fingerprint density at radius 2 is 2.00 bits per heavy atom. The zero-order valence-electron chi connectivity index (χ0n) is 13.1. The second-order valence-electron chi connectivity index (χ2n) is 5.60. The summed E-state index contributed by atoms with van der Waals surface area (Å²) in [5.74, 6) is 1.03. The molecule has 1 aromatic carbocycles. The molecule has 23 heavy (non-hydrogen) atoms. The maximum absolute atomic E-state index is 12.0. The van der Waals surface area contributed by atoms with Gasteiger partial charge in [-0.2, -0.15) is 0 Å². The molecule has 0 saturated carbocycles. The van der Waals surface area contributed by atoms with Crippen LogP contribution in [-0.2, 0) is 0 Å². The number of benzene rings is 1. The van der Waals surface area contributed by atoms with Gasteiger partial charge >= 0.3 is 0 Å². The van der Waals surface area contributed by atoms with Crippen LogP contribution in [-0.4, -0.2) is 17.4 Å². The summed E-state index contributed by atoms with van der Waals surface area (Å²) in [6, 6.07) is 8.77. The van der Waals surface area contributed by atoms with Crippen LogP contribution in [0, 0.1) is 5.92 Å². The molecule has 0 radical (unpaired) electrons. The number of hydrogen-bond donors (Lipinski definition) is 2. The van der Waals surface area contributed by atoms with Crippen molar-refractivity contribution in [3.8, 4) is 0 Å². The van der Waals surface area contributed by atoms with Gasteiger partial charge in [-0.25, -0.2) is 4.98 Å². The van der Waals surface area contributed by atoms with Gasteiger partial charge in [0.25, 0.3) is 5.91 Å². The number of rotatable bonds is 6. The quantitative estimate of drug-likeness (QED) is 0.777. The van der Waals surface area contributed by atoms with Crippen LogP contribution in [0.4, 0.5) is 11.5 Å². The van der Waals surface area contributed by atoms with Crippen LogP contribution in [0.2, 0.25) is 10.0 Å². The summed E-state index contributed by atoms with van der Waals surface area (Å²) < 4.78 is 0. The molecule has 122 valence electrons. The van der Waals surface area contributed by atoms with Crippen LogP contribution >= 0.6 is 23.2 Å². The molecule has 0 atom stereocenters. The van der Waals surface area contributed by atoms with Gasteiger partial charge in [-0.05, 0) is 36.6 Å². The molecule has 0 fully saturated rings. The smallest absolute Gasteiger partial charge is 0.252 e. The van der Waals surface area contributed by atoms with Crippen molar-refractivity contribution in [2.45, 2.75) is 20.3 Å². The van der Waals surface area contributed by atoms with Gasteiger partial charge < -0.3 is 10.6 Å². The summed E-state index contributed by atoms with van der Waals surface area (Å²) in [5.41, 5.74) is 1.19. The van der Waals surface area contributed by atoms with E-state index >= 15 is 0 Å². The number of pyridine rings is 1. The van der Waals surface area contributed by atoms with Crippen molar-refractivity contribution in [2.75, 3.05) is 11.9 Å². The van der Waals surface area contributed by atoms with Crippen molar-refractivity contribution < 1.29 is 4.79 Å². The minimum absolute atomic E-state index is 0.120. The molecule has 0 aliphatic rings. The third kappa shape index (κ3) is 5.12. The van der Waals surface area contributed by atoms with Crippen LogP contribution in [0.1, 0.15) is 30.6 Å². The van der Waals surface area contributed by atoms with Crippen molar-refractivity contribution >= 4 is 40.6 Å². The Kier molecular flexibility index (Phi) is 6.25. The molecule has 0 spiro atoms. The highest BCUT2D eigenvalue weighted by atomic mass is 35.5. The number of aromatic nitrogens is 1. The summed E-state index contributed by atoms with van der Waals surface area (Å²) in [7, 11) is 0. The maximum atomic E-state index is 12.0. The van der Waals surface area contributed by atoms with E-state index in [1.54, 1.807) is 24.3 Å². The monoisotopic (exact) mass is 351 g/mol. The van der Waals surface area contributed by atoms with Gasteiger partial charge in [0, 0.05) is 12.7 Å².